The van der Waals surface area contributed by atoms with E-state index in [1.54, 1.807) is 0 Å². The zero-order valence-electron chi connectivity index (χ0n) is 10.1. The Labute approximate surface area is 109 Å². The van der Waals surface area contributed by atoms with Gasteiger partial charge in [-0.25, -0.2) is 8.78 Å². The molecular weight excluding hydrogens is 250 g/mol. The molecule has 1 aromatic carbocycles. The predicted molar refractivity (Wildman–Crippen MR) is 66.5 cm³/mol. The molecule has 0 aliphatic heterocycles. The molecular formula is C14H12F2N2O. The van der Waals surface area contributed by atoms with Crippen LogP contribution in [0.4, 0.5) is 8.78 Å². The quantitative estimate of drug-likeness (QED) is 0.860. The van der Waals surface area contributed by atoms with Crippen molar-refractivity contribution in [2.75, 3.05) is 0 Å². The van der Waals surface area contributed by atoms with Gasteiger partial charge in [0.25, 0.3) is 0 Å². The number of nitrogens with zero attached hydrogens (tertiary/aromatic N) is 1. The Morgan fingerprint density at radius 3 is 2.53 bits per heavy atom. The Hall–Kier alpha value is -2.14. The summed E-state index contributed by atoms with van der Waals surface area (Å²) in [7, 11) is 0. The lowest BCUT2D eigenvalue weighted by Gasteiger charge is -2.05. The van der Waals surface area contributed by atoms with Crippen LogP contribution in [0, 0.1) is 11.6 Å². The largest absolute Gasteiger partial charge is 0.325 e. The summed E-state index contributed by atoms with van der Waals surface area (Å²) in [4.78, 5) is 15.9. The molecule has 0 fully saturated rings. The Kier molecular flexibility index (Phi) is 3.97. The highest BCUT2D eigenvalue weighted by Gasteiger charge is 2.14. The van der Waals surface area contributed by atoms with Crippen LogP contribution in [-0.4, -0.2) is 10.8 Å². The molecule has 0 saturated heterocycles. The minimum Gasteiger partial charge on any atom is -0.325 e. The normalized spacial score (nSPS) is 10.5. The van der Waals surface area contributed by atoms with Crippen LogP contribution >= 0.6 is 0 Å². The van der Waals surface area contributed by atoms with E-state index in [0.29, 0.717) is 11.3 Å². The maximum Gasteiger partial charge on any atom is 0.167 e. The van der Waals surface area contributed by atoms with Crippen molar-refractivity contribution in [1.82, 2.24) is 4.98 Å². The van der Waals surface area contributed by atoms with Gasteiger partial charge in [-0.05, 0) is 24.3 Å². The average Bonchev–Trinajstić information content (AvgIpc) is 2.43. The number of hydrogen-bond acceptors (Lipinski definition) is 3. The number of rotatable bonds is 4. The van der Waals surface area contributed by atoms with Crippen molar-refractivity contribution < 1.29 is 13.6 Å². The van der Waals surface area contributed by atoms with Gasteiger partial charge < -0.3 is 5.73 Å². The summed E-state index contributed by atoms with van der Waals surface area (Å²) in [6, 6.07) is 6.55. The molecule has 2 N–H and O–H groups in total. The van der Waals surface area contributed by atoms with E-state index >= 15 is 0 Å². The Morgan fingerprint density at radius 2 is 1.89 bits per heavy atom. The Morgan fingerprint density at radius 1 is 1.21 bits per heavy atom. The minimum absolute atomic E-state index is 0.204. The molecule has 0 spiro atoms. The summed E-state index contributed by atoms with van der Waals surface area (Å²) < 4.78 is 26.9. The number of Topliss-reactive ketones (excluding diaryl/α,β-unsaturated/α-hetero) is 1. The molecule has 2 rings (SSSR count). The molecule has 0 unspecified atom stereocenters. The van der Waals surface area contributed by atoms with Gasteiger partial charge in [-0.3, -0.25) is 9.78 Å². The first-order valence-corrected chi connectivity index (χ1v) is 5.73. The molecule has 19 heavy (non-hydrogen) atoms. The first-order chi connectivity index (χ1) is 9.11. The van der Waals surface area contributed by atoms with E-state index in [4.69, 9.17) is 5.73 Å². The lowest BCUT2D eigenvalue weighted by Crippen LogP contribution is -2.09. The second-order valence-corrected chi connectivity index (χ2v) is 4.04. The maximum absolute atomic E-state index is 13.4. The number of carbonyl (C=O) groups is 1. The highest BCUT2D eigenvalue weighted by molar-refractivity contribution is 5.97. The van der Waals surface area contributed by atoms with Gasteiger partial charge in [-0.2, -0.15) is 0 Å². The number of halogens is 2. The van der Waals surface area contributed by atoms with Crippen molar-refractivity contribution in [3.63, 3.8) is 0 Å². The monoisotopic (exact) mass is 262 g/mol. The predicted octanol–water partition coefficient (Wildman–Crippen LogP) is 2.24. The molecule has 0 aliphatic rings. The second kappa shape index (κ2) is 5.67. The van der Waals surface area contributed by atoms with E-state index in [2.05, 4.69) is 4.98 Å². The zero-order valence-corrected chi connectivity index (χ0v) is 10.1. The lowest BCUT2D eigenvalue weighted by molar-refractivity contribution is 0.0990. The third kappa shape index (κ3) is 3.00. The highest BCUT2D eigenvalue weighted by atomic mass is 19.1. The molecule has 2 aromatic rings. The summed E-state index contributed by atoms with van der Waals surface area (Å²) in [6.45, 7) is 0.204. The summed E-state index contributed by atoms with van der Waals surface area (Å²) >= 11 is 0. The first kappa shape index (κ1) is 13.3. The Bertz CT molecular complexity index is 594. The zero-order chi connectivity index (χ0) is 13.8. The van der Waals surface area contributed by atoms with Crippen LogP contribution in [0.3, 0.4) is 0 Å². The van der Waals surface area contributed by atoms with Gasteiger partial charge in [-0.15, -0.1) is 0 Å². The van der Waals surface area contributed by atoms with Crippen molar-refractivity contribution >= 4 is 5.78 Å². The van der Waals surface area contributed by atoms with Crippen LogP contribution in [0.2, 0.25) is 0 Å². The van der Waals surface area contributed by atoms with Crippen molar-refractivity contribution in [3.8, 4) is 0 Å². The van der Waals surface area contributed by atoms with E-state index in [-0.39, 0.29) is 24.3 Å². The molecule has 0 saturated carbocycles. The van der Waals surface area contributed by atoms with Gasteiger partial charge in [-0.1, -0.05) is 6.07 Å². The smallest absolute Gasteiger partial charge is 0.167 e. The molecule has 0 radical (unpaired) electrons. The minimum atomic E-state index is -0.721. The van der Waals surface area contributed by atoms with Gasteiger partial charge in [0, 0.05) is 30.3 Å². The fraction of sp³-hybridized carbons (Fsp3) is 0.143. The van der Waals surface area contributed by atoms with Gasteiger partial charge in [0.2, 0.25) is 0 Å². The number of aromatic nitrogens is 1. The maximum atomic E-state index is 13.4. The molecule has 1 aromatic heterocycles. The molecule has 0 bridgehead atoms. The summed E-state index contributed by atoms with van der Waals surface area (Å²) in [5, 5.41) is 0. The highest BCUT2D eigenvalue weighted by Crippen LogP contribution is 2.15. The summed E-state index contributed by atoms with van der Waals surface area (Å²) in [5.74, 6) is -1.82. The van der Waals surface area contributed by atoms with Crippen molar-refractivity contribution in [2.45, 2.75) is 13.0 Å². The van der Waals surface area contributed by atoms with E-state index in [1.807, 2.05) is 0 Å². The topological polar surface area (TPSA) is 56.0 Å². The van der Waals surface area contributed by atoms with Crippen LogP contribution in [0.25, 0.3) is 0 Å². The average molecular weight is 262 g/mol. The van der Waals surface area contributed by atoms with Crippen LogP contribution < -0.4 is 5.73 Å². The lowest BCUT2D eigenvalue weighted by atomic mass is 10.0. The van der Waals surface area contributed by atoms with Crippen LogP contribution in [0.5, 0.6) is 0 Å². The number of benzene rings is 1. The Balaban J connectivity index is 2.25. The van der Waals surface area contributed by atoms with Crippen LogP contribution in [0.1, 0.15) is 21.6 Å². The molecule has 3 nitrogen and oxygen atoms in total. The number of ketones is 1. The van der Waals surface area contributed by atoms with Gasteiger partial charge >= 0.3 is 0 Å². The molecule has 5 heteroatoms. The molecule has 0 amide bonds. The van der Waals surface area contributed by atoms with Crippen molar-refractivity contribution in [1.29, 1.82) is 0 Å². The molecule has 1 heterocycles. The number of pyridine rings is 1. The standard InChI is InChI=1S/C14H12F2N2O/c15-12-2-1-3-13(16)11(12)7-14(19)9-4-5-18-10(6-9)8-17/h1-6H,7-8,17H2. The van der Waals surface area contributed by atoms with Crippen LogP contribution in [0.15, 0.2) is 36.5 Å². The van der Waals surface area contributed by atoms with Gasteiger partial charge in [0.1, 0.15) is 11.6 Å². The summed E-state index contributed by atoms with van der Waals surface area (Å²) in [5.41, 5.74) is 6.10. The SMILES string of the molecule is NCc1cc(C(=O)Cc2c(F)cccc2F)ccn1. The van der Waals surface area contributed by atoms with Crippen LogP contribution in [-0.2, 0) is 13.0 Å². The number of hydrogen-bond donors (Lipinski definition) is 1. The van der Waals surface area contributed by atoms with Gasteiger partial charge in [0.15, 0.2) is 5.78 Å². The summed E-state index contributed by atoms with van der Waals surface area (Å²) in [6.07, 6.45) is 1.12. The molecule has 0 atom stereocenters. The van der Waals surface area contributed by atoms with Crippen molar-refractivity contribution in [3.05, 3.63) is 65.0 Å². The second-order valence-electron chi connectivity index (χ2n) is 4.04. The van der Waals surface area contributed by atoms with E-state index in [9.17, 15) is 13.6 Å². The number of carbonyl (C=O) groups excluding carboxylic acids is 1. The number of nitrogens with two attached hydrogens (primary N) is 1. The van der Waals surface area contributed by atoms with E-state index in [0.717, 1.165) is 12.1 Å². The molecule has 0 aliphatic carbocycles. The third-order valence-electron chi connectivity index (χ3n) is 2.75. The first-order valence-electron chi connectivity index (χ1n) is 5.73. The third-order valence-corrected chi connectivity index (χ3v) is 2.75. The molecule has 98 valence electrons. The fourth-order valence-corrected chi connectivity index (χ4v) is 1.73. The van der Waals surface area contributed by atoms with E-state index in [1.165, 1.54) is 24.4 Å². The van der Waals surface area contributed by atoms with Gasteiger partial charge in [0.05, 0.1) is 5.69 Å². The fourth-order valence-electron chi connectivity index (χ4n) is 1.73. The van der Waals surface area contributed by atoms with E-state index < -0.39 is 11.6 Å². The van der Waals surface area contributed by atoms with Crippen molar-refractivity contribution in [2.24, 2.45) is 5.73 Å².